The fraction of sp³-hybridized carbons (Fsp3) is 0.455. The van der Waals surface area contributed by atoms with Gasteiger partial charge in [-0.25, -0.2) is 13.4 Å². The maximum Gasteiger partial charge on any atom is 0.253 e. The molecular formula is C11H17N3O4S. The van der Waals surface area contributed by atoms with Crippen LogP contribution in [0, 0.1) is 0 Å². The second-order valence-corrected chi connectivity index (χ2v) is 5.76. The first-order valence-electron chi connectivity index (χ1n) is 5.81. The van der Waals surface area contributed by atoms with Crippen LogP contribution >= 0.6 is 0 Å². The van der Waals surface area contributed by atoms with E-state index >= 15 is 0 Å². The summed E-state index contributed by atoms with van der Waals surface area (Å²) in [6.45, 7) is 2.05. The van der Waals surface area contributed by atoms with Gasteiger partial charge in [0.1, 0.15) is 5.75 Å². The Balaban J connectivity index is 2.16. The highest BCUT2D eigenvalue weighted by Gasteiger charge is 2.20. The molecule has 19 heavy (non-hydrogen) atoms. The Kier molecular flexibility index (Phi) is 4.25. The Morgan fingerprint density at radius 2 is 2.05 bits per heavy atom. The highest BCUT2D eigenvalue weighted by atomic mass is 32.2. The van der Waals surface area contributed by atoms with Gasteiger partial charge in [0.05, 0.1) is 30.9 Å². The normalized spacial score (nSPS) is 17.3. The van der Waals surface area contributed by atoms with Crippen molar-refractivity contribution in [3.63, 3.8) is 0 Å². The smallest absolute Gasteiger partial charge is 0.253 e. The van der Waals surface area contributed by atoms with Gasteiger partial charge in [0.15, 0.2) is 0 Å². The highest BCUT2D eigenvalue weighted by molar-refractivity contribution is 7.89. The summed E-state index contributed by atoms with van der Waals surface area (Å²) in [6, 6.07) is 4.36. The van der Waals surface area contributed by atoms with Gasteiger partial charge in [-0.1, -0.05) is 0 Å². The van der Waals surface area contributed by atoms with Crippen molar-refractivity contribution < 1.29 is 17.9 Å². The first-order valence-corrected chi connectivity index (χ1v) is 7.30. The monoisotopic (exact) mass is 287 g/mol. The van der Waals surface area contributed by atoms with Gasteiger partial charge in [0.25, 0.3) is 10.0 Å². The lowest BCUT2D eigenvalue weighted by Gasteiger charge is -2.26. The molecule has 1 aromatic carbocycles. The lowest BCUT2D eigenvalue weighted by molar-refractivity contribution is 0.0272. The van der Waals surface area contributed by atoms with Gasteiger partial charge in [-0.05, 0) is 18.2 Å². The predicted molar refractivity (Wildman–Crippen MR) is 70.1 cm³/mol. The molecule has 1 heterocycles. The van der Waals surface area contributed by atoms with Crippen LogP contribution < -0.4 is 15.3 Å². The number of morpholine rings is 1. The molecule has 0 unspecified atom stereocenters. The molecule has 1 aliphatic heterocycles. The number of nitrogens with zero attached hydrogens (tertiary/aromatic N) is 1. The minimum atomic E-state index is -3.62. The Bertz CT molecular complexity index is 541. The van der Waals surface area contributed by atoms with E-state index in [0.29, 0.717) is 32.1 Å². The molecule has 106 valence electrons. The molecule has 3 N–H and O–H groups in total. The van der Waals surface area contributed by atoms with Crippen LogP contribution in [0.4, 0.5) is 5.69 Å². The van der Waals surface area contributed by atoms with Gasteiger partial charge in [0.2, 0.25) is 0 Å². The molecule has 0 spiro atoms. The molecule has 0 atom stereocenters. The largest absolute Gasteiger partial charge is 0.495 e. The Morgan fingerprint density at radius 1 is 1.37 bits per heavy atom. The molecule has 1 aromatic rings. The van der Waals surface area contributed by atoms with E-state index in [1.165, 1.54) is 25.3 Å². The number of ether oxygens (including phenoxy) is 2. The molecule has 0 amide bonds. The number of hydrogen-bond donors (Lipinski definition) is 2. The standard InChI is InChI=1S/C11H17N3O4S/c1-17-11-3-2-9(8-10(11)12)19(15,16)13-14-4-6-18-7-5-14/h2-3,8,13H,4-7,12H2,1H3. The van der Waals surface area contributed by atoms with Crippen LogP contribution in [0.1, 0.15) is 0 Å². The first kappa shape index (κ1) is 14.1. The van der Waals surface area contributed by atoms with Crippen molar-refractivity contribution in [2.24, 2.45) is 0 Å². The molecule has 0 radical (unpaired) electrons. The Morgan fingerprint density at radius 3 is 2.63 bits per heavy atom. The van der Waals surface area contributed by atoms with E-state index in [-0.39, 0.29) is 10.6 Å². The number of nitrogens with two attached hydrogens (primary N) is 1. The van der Waals surface area contributed by atoms with Crippen molar-refractivity contribution in [1.29, 1.82) is 0 Å². The molecule has 1 saturated heterocycles. The molecule has 1 aliphatic rings. The van der Waals surface area contributed by atoms with Crippen molar-refractivity contribution >= 4 is 15.7 Å². The van der Waals surface area contributed by atoms with Gasteiger partial charge in [-0.3, -0.25) is 0 Å². The average Bonchev–Trinajstić information content (AvgIpc) is 2.39. The third kappa shape index (κ3) is 3.35. The summed E-state index contributed by atoms with van der Waals surface area (Å²) in [7, 11) is -2.14. The van der Waals surface area contributed by atoms with Crippen LogP contribution in [0.5, 0.6) is 5.75 Å². The third-order valence-corrected chi connectivity index (χ3v) is 4.14. The van der Waals surface area contributed by atoms with Gasteiger partial charge in [0, 0.05) is 13.1 Å². The van der Waals surface area contributed by atoms with E-state index < -0.39 is 10.0 Å². The predicted octanol–water partition coefficient (Wildman–Crippen LogP) is -0.197. The summed E-state index contributed by atoms with van der Waals surface area (Å²) in [6.07, 6.45) is 0. The lowest BCUT2D eigenvalue weighted by atomic mass is 10.3. The number of anilines is 1. The fourth-order valence-corrected chi connectivity index (χ4v) is 2.91. The number of hydrogen-bond acceptors (Lipinski definition) is 6. The van der Waals surface area contributed by atoms with Crippen molar-refractivity contribution in [3.05, 3.63) is 18.2 Å². The van der Waals surface area contributed by atoms with Crippen molar-refractivity contribution in [2.75, 3.05) is 39.1 Å². The zero-order valence-electron chi connectivity index (χ0n) is 10.6. The molecular weight excluding hydrogens is 270 g/mol. The number of nitrogens with one attached hydrogen (secondary N) is 1. The maximum atomic E-state index is 12.2. The number of benzene rings is 1. The van der Waals surface area contributed by atoms with Crippen LogP contribution in [-0.2, 0) is 14.8 Å². The second kappa shape index (κ2) is 5.74. The summed E-state index contributed by atoms with van der Waals surface area (Å²) in [5.74, 6) is 0.449. The van der Waals surface area contributed by atoms with E-state index in [9.17, 15) is 8.42 Å². The van der Waals surface area contributed by atoms with E-state index in [2.05, 4.69) is 4.83 Å². The van der Waals surface area contributed by atoms with Gasteiger partial charge < -0.3 is 15.2 Å². The van der Waals surface area contributed by atoms with Gasteiger partial charge in [-0.2, -0.15) is 0 Å². The van der Waals surface area contributed by atoms with Gasteiger partial charge >= 0.3 is 0 Å². The molecule has 0 saturated carbocycles. The molecule has 0 bridgehead atoms. The third-order valence-electron chi connectivity index (χ3n) is 2.77. The van der Waals surface area contributed by atoms with Crippen molar-refractivity contribution in [3.8, 4) is 5.75 Å². The number of nitrogen functional groups attached to an aromatic ring is 1. The fourth-order valence-electron chi connectivity index (χ4n) is 1.76. The maximum absolute atomic E-state index is 12.2. The molecule has 7 nitrogen and oxygen atoms in total. The van der Waals surface area contributed by atoms with Crippen LogP contribution in [-0.4, -0.2) is 46.8 Å². The summed E-state index contributed by atoms with van der Waals surface area (Å²) >= 11 is 0. The molecule has 1 fully saturated rings. The Labute approximate surface area is 112 Å². The zero-order valence-corrected chi connectivity index (χ0v) is 11.4. The van der Waals surface area contributed by atoms with Crippen molar-refractivity contribution in [2.45, 2.75) is 4.90 Å². The quantitative estimate of drug-likeness (QED) is 0.745. The summed E-state index contributed by atoms with van der Waals surface area (Å²) in [4.78, 5) is 2.61. The number of sulfonamides is 1. The molecule has 2 rings (SSSR count). The minimum absolute atomic E-state index is 0.109. The molecule has 0 aromatic heterocycles. The SMILES string of the molecule is COc1ccc(S(=O)(=O)NN2CCOCC2)cc1N. The average molecular weight is 287 g/mol. The van der Waals surface area contributed by atoms with Crippen LogP contribution in [0.15, 0.2) is 23.1 Å². The topological polar surface area (TPSA) is 93.9 Å². The van der Waals surface area contributed by atoms with E-state index in [1.54, 1.807) is 5.01 Å². The summed E-state index contributed by atoms with van der Waals surface area (Å²) in [5, 5.41) is 1.61. The highest BCUT2D eigenvalue weighted by Crippen LogP contribution is 2.24. The van der Waals surface area contributed by atoms with Crippen LogP contribution in [0.25, 0.3) is 0 Å². The number of hydrazine groups is 1. The number of rotatable bonds is 4. The summed E-state index contributed by atoms with van der Waals surface area (Å²) in [5.41, 5.74) is 6.00. The van der Waals surface area contributed by atoms with E-state index in [0.717, 1.165) is 0 Å². The number of methoxy groups -OCH3 is 1. The van der Waals surface area contributed by atoms with Gasteiger partial charge in [-0.15, -0.1) is 4.83 Å². The first-order chi connectivity index (χ1) is 9.03. The van der Waals surface area contributed by atoms with Crippen LogP contribution in [0.2, 0.25) is 0 Å². The van der Waals surface area contributed by atoms with Crippen LogP contribution in [0.3, 0.4) is 0 Å². The van der Waals surface area contributed by atoms with E-state index in [4.69, 9.17) is 15.2 Å². The van der Waals surface area contributed by atoms with Crippen molar-refractivity contribution in [1.82, 2.24) is 9.84 Å². The minimum Gasteiger partial charge on any atom is -0.495 e. The Hall–Kier alpha value is -1.35. The lowest BCUT2D eigenvalue weighted by Crippen LogP contribution is -2.48. The van der Waals surface area contributed by atoms with E-state index in [1.807, 2.05) is 0 Å². The molecule has 8 heteroatoms. The molecule has 0 aliphatic carbocycles. The summed E-state index contributed by atoms with van der Waals surface area (Å²) < 4.78 is 34.5. The second-order valence-electron chi connectivity index (χ2n) is 4.10. The zero-order chi connectivity index (χ0) is 13.9.